The maximum atomic E-state index is 11.9. The Hall–Kier alpha value is -1.42. The van der Waals surface area contributed by atoms with Crippen molar-refractivity contribution in [2.24, 2.45) is 0 Å². The van der Waals surface area contributed by atoms with Gasteiger partial charge in [-0.1, -0.05) is 40.9 Å². The van der Waals surface area contributed by atoms with Crippen molar-refractivity contribution < 1.29 is 9.53 Å². The Labute approximate surface area is 150 Å². The third kappa shape index (κ3) is 5.03. The normalized spacial score (nSPS) is 10.5. The molecule has 0 radical (unpaired) electrons. The van der Waals surface area contributed by atoms with Gasteiger partial charge in [0.05, 0.1) is 0 Å². The van der Waals surface area contributed by atoms with Crippen molar-refractivity contribution in [3.63, 3.8) is 0 Å². The van der Waals surface area contributed by atoms with Gasteiger partial charge < -0.3 is 10.1 Å². The van der Waals surface area contributed by atoms with Crippen LogP contribution in [0.25, 0.3) is 0 Å². The van der Waals surface area contributed by atoms with Crippen LogP contribution >= 0.6 is 34.8 Å². The Morgan fingerprint density at radius 3 is 2.30 bits per heavy atom. The Bertz CT molecular complexity index is 709. The van der Waals surface area contributed by atoms with E-state index in [0.29, 0.717) is 27.4 Å². The summed E-state index contributed by atoms with van der Waals surface area (Å²) in [5.74, 6) is 0.443. The summed E-state index contributed by atoms with van der Waals surface area (Å²) >= 11 is 17.9. The Morgan fingerprint density at radius 1 is 1.04 bits per heavy atom. The fourth-order valence-electron chi connectivity index (χ4n) is 2.17. The van der Waals surface area contributed by atoms with E-state index in [4.69, 9.17) is 39.5 Å². The van der Waals surface area contributed by atoms with Gasteiger partial charge in [0.2, 0.25) is 0 Å². The van der Waals surface area contributed by atoms with Crippen molar-refractivity contribution in [2.75, 3.05) is 6.61 Å². The van der Waals surface area contributed by atoms with Gasteiger partial charge in [0.25, 0.3) is 5.91 Å². The second-order valence-electron chi connectivity index (χ2n) is 5.17. The highest BCUT2D eigenvalue weighted by atomic mass is 35.5. The lowest BCUT2D eigenvalue weighted by molar-refractivity contribution is -0.123. The van der Waals surface area contributed by atoms with Crippen molar-refractivity contribution in [3.05, 3.63) is 62.1 Å². The monoisotopic (exact) mass is 371 g/mol. The molecule has 0 fully saturated rings. The third-order valence-electron chi connectivity index (χ3n) is 3.26. The first-order valence-electron chi connectivity index (χ1n) is 6.97. The van der Waals surface area contributed by atoms with Crippen LogP contribution in [0.5, 0.6) is 5.75 Å². The topological polar surface area (TPSA) is 38.3 Å². The number of rotatable bonds is 5. The van der Waals surface area contributed by atoms with Gasteiger partial charge in [-0.3, -0.25) is 4.79 Å². The van der Waals surface area contributed by atoms with E-state index in [2.05, 4.69) is 5.32 Å². The highest BCUT2D eigenvalue weighted by Gasteiger charge is 2.09. The molecule has 2 rings (SSSR count). The first kappa shape index (κ1) is 17.9. The summed E-state index contributed by atoms with van der Waals surface area (Å²) in [6.07, 6.45) is 0. The summed E-state index contributed by atoms with van der Waals surface area (Å²) in [5, 5.41) is 4.48. The minimum absolute atomic E-state index is 0.0749. The molecule has 2 aromatic rings. The number of hydrogen-bond acceptors (Lipinski definition) is 2. The lowest BCUT2D eigenvalue weighted by Gasteiger charge is -2.13. The minimum Gasteiger partial charge on any atom is -0.483 e. The fourth-order valence-corrected chi connectivity index (χ4v) is 2.98. The van der Waals surface area contributed by atoms with E-state index >= 15 is 0 Å². The molecule has 3 nitrogen and oxygen atoms in total. The molecule has 1 N–H and O–H groups in total. The second-order valence-corrected chi connectivity index (χ2v) is 6.45. The molecule has 1 amide bonds. The van der Waals surface area contributed by atoms with Crippen molar-refractivity contribution in [1.82, 2.24) is 5.32 Å². The third-order valence-corrected chi connectivity index (χ3v) is 4.07. The summed E-state index contributed by atoms with van der Waals surface area (Å²) < 4.78 is 5.60. The quantitative estimate of drug-likeness (QED) is 0.805. The predicted octanol–water partition coefficient (Wildman–Crippen LogP) is 4.96. The Morgan fingerprint density at radius 2 is 1.70 bits per heavy atom. The number of carbonyl (C=O) groups excluding carboxylic acids is 1. The van der Waals surface area contributed by atoms with Gasteiger partial charge in [0, 0.05) is 21.6 Å². The molecule has 0 bridgehead atoms. The molecule has 0 saturated heterocycles. The van der Waals surface area contributed by atoms with E-state index in [1.807, 2.05) is 13.8 Å². The van der Waals surface area contributed by atoms with Crippen LogP contribution in [0.4, 0.5) is 0 Å². The average Bonchev–Trinajstić information content (AvgIpc) is 2.45. The summed E-state index contributed by atoms with van der Waals surface area (Å²) in [7, 11) is 0. The molecule has 0 spiro atoms. The molecule has 0 aromatic heterocycles. The average molecular weight is 373 g/mol. The zero-order valence-electron chi connectivity index (χ0n) is 12.8. The molecule has 0 aliphatic carbocycles. The Kier molecular flexibility index (Phi) is 6.17. The number of ether oxygens (including phenoxy) is 1. The molecule has 6 heteroatoms. The standard InChI is InChI=1S/C17H16Cl3NO2/c1-10-5-14(19)6-11(2)17(10)23-9-16(22)21-8-12-3-4-13(18)7-15(12)20/h3-7H,8-9H2,1-2H3,(H,21,22). The largest absolute Gasteiger partial charge is 0.483 e. The second kappa shape index (κ2) is 7.91. The smallest absolute Gasteiger partial charge is 0.258 e. The lowest BCUT2D eigenvalue weighted by atomic mass is 10.1. The number of halogens is 3. The molecule has 23 heavy (non-hydrogen) atoms. The molecule has 2 aromatic carbocycles. The number of nitrogens with one attached hydrogen (secondary N) is 1. The van der Waals surface area contributed by atoms with Gasteiger partial charge in [-0.25, -0.2) is 0 Å². The van der Waals surface area contributed by atoms with Crippen LogP contribution in [-0.4, -0.2) is 12.5 Å². The first-order valence-corrected chi connectivity index (χ1v) is 8.10. The van der Waals surface area contributed by atoms with Crippen molar-refractivity contribution >= 4 is 40.7 Å². The van der Waals surface area contributed by atoms with Crippen LogP contribution in [0.3, 0.4) is 0 Å². The van der Waals surface area contributed by atoms with Crippen molar-refractivity contribution in [3.8, 4) is 5.75 Å². The van der Waals surface area contributed by atoms with E-state index in [1.54, 1.807) is 30.3 Å². The van der Waals surface area contributed by atoms with E-state index in [-0.39, 0.29) is 12.5 Å². The van der Waals surface area contributed by atoms with Crippen molar-refractivity contribution in [1.29, 1.82) is 0 Å². The van der Waals surface area contributed by atoms with E-state index in [1.165, 1.54) is 0 Å². The molecule has 122 valence electrons. The van der Waals surface area contributed by atoms with Gasteiger partial charge in [0.15, 0.2) is 6.61 Å². The lowest BCUT2D eigenvalue weighted by Crippen LogP contribution is -2.28. The molecule has 0 heterocycles. The summed E-state index contributed by atoms with van der Waals surface area (Å²) in [5.41, 5.74) is 2.58. The van der Waals surface area contributed by atoms with E-state index < -0.39 is 0 Å². The van der Waals surface area contributed by atoms with Gasteiger partial charge in [-0.15, -0.1) is 0 Å². The summed E-state index contributed by atoms with van der Waals surface area (Å²) in [6.45, 7) is 4.02. The molecule has 0 aliphatic heterocycles. The van der Waals surface area contributed by atoms with Gasteiger partial charge in [0.1, 0.15) is 5.75 Å². The highest BCUT2D eigenvalue weighted by Crippen LogP contribution is 2.27. The maximum absolute atomic E-state index is 11.9. The number of carbonyl (C=O) groups is 1. The van der Waals surface area contributed by atoms with Crippen LogP contribution in [0.2, 0.25) is 15.1 Å². The van der Waals surface area contributed by atoms with Crippen molar-refractivity contribution in [2.45, 2.75) is 20.4 Å². The number of aryl methyl sites for hydroxylation is 2. The van der Waals surface area contributed by atoms with Crippen LogP contribution in [0, 0.1) is 13.8 Å². The number of benzene rings is 2. The molecule has 0 unspecified atom stereocenters. The first-order chi connectivity index (χ1) is 10.9. The molecule has 0 aliphatic rings. The Balaban J connectivity index is 1.91. The zero-order valence-corrected chi connectivity index (χ0v) is 15.0. The van der Waals surface area contributed by atoms with Crippen LogP contribution in [0.1, 0.15) is 16.7 Å². The van der Waals surface area contributed by atoms with Gasteiger partial charge >= 0.3 is 0 Å². The zero-order chi connectivity index (χ0) is 17.0. The minimum atomic E-state index is -0.232. The van der Waals surface area contributed by atoms with Gasteiger partial charge in [-0.2, -0.15) is 0 Å². The summed E-state index contributed by atoms with van der Waals surface area (Å²) in [6, 6.07) is 8.75. The molecular formula is C17H16Cl3NO2. The number of amides is 1. The molecular weight excluding hydrogens is 357 g/mol. The predicted molar refractivity (Wildman–Crippen MR) is 94.7 cm³/mol. The maximum Gasteiger partial charge on any atom is 0.258 e. The number of hydrogen-bond donors (Lipinski definition) is 1. The summed E-state index contributed by atoms with van der Waals surface area (Å²) in [4.78, 5) is 11.9. The van der Waals surface area contributed by atoms with Gasteiger partial charge in [-0.05, 0) is 54.8 Å². The molecule has 0 saturated carbocycles. The molecule has 0 atom stereocenters. The fraction of sp³-hybridized carbons (Fsp3) is 0.235. The highest BCUT2D eigenvalue weighted by molar-refractivity contribution is 6.35. The van der Waals surface area contributed by atoms with Crippen LogP contribution in [0.15, 0.2) is 30.3 Å². The SMILES string of the molecule is Cc1cc(Cl)cc(C)c1OCC(=O)NCc1ccc(Cl)cc1Cl. The van der Waals surface area contributed by atoms with Crippen LogP contribution in [-0.2, 0) is 11.3 Å². The van der Waals surface area contributed by atoms with Crippen LogP contribution < -0.4 is 10.1 Å². The van der Waals surface area contributed by atoms with E-state index in [0.717, 1.165) is 16.7 Å². The van der Waals surface area contributed by atoms with E-state index in [9.17, 15) is 4.79 Å².